The van der Waals surface area contributed by atoms with Crippen molar-refractivity contribution >= 4 is 17.3 Å². The van der Waals surface area contributed by atoms with E-state index in [1.165, 1.54) is 18.9 Å². The predicted molar refractivity (Wildman–Crippen MR) is 115 cm³/mol. The summed E-state index contributed by atoms with van der Waals surface area (Å²) in [4.78, 5) is 8.97. The zero-order valence-corrected chi connectivity index (χ0v) is 16.6. The Morgan fingerprint density at radius 1 is 0.967 bits per heavy atom. The van der Waals surface area contributed by atoms with Gasteiger partial charge in [0.15, 0.2) is 0 Å². The second-order valence-corrected chi connectivity index (χ2v) is 7.84. The maximum atomic E-state index is 13.5. The Hall–Kier alpha value is -3.00. The Labute approximate surface area is 175 Å². The molecule has 2 heterocycles. The van der Waals surface area contributed by atoms with Gasteiger partial charge in [0.05, 0.1) is 5.69 Å². The lowest BCUT2D eigenvalue weighted by molar-refractivity contribution is 0.151. The summed E-state index contributed by atoms with van der Waals surface area (Å²) in [6.07, 6.45) is 1.65. The van der Waals surface area contributed by atoms with Gasteiger partial charge in [-0.2, -0.15) is 4.98 Å². The number of aromatic nitrogens is 3. The van der Waals surface area contributed by atoms with Crippen LogP contribution in [-0.2, 0) is 0 Å². The molecule has 1 aromatic heterocycles. The van der Waals surface area contributed by atoms with Crippen molar-refractivity contribution in [2.75, 3.05) is 36.4 Å². The molecule has 1 saturated heterocycles. The summed E-state index contributed by atoms with van der Waals surface area (Å²) in [5.41, 5.74) is 2.27. The predicted octanol–water partition coefficient (Wildman–Crippen LogP) is 4.48. The van der Waals surface area contributed by atoms with E-state index in [1.54, 1.807) is 17.1 Å². The molecule has 0 unspecified atom stereocenters. The highest BCUT2D eigenvalue weighted by atomic mass is 19.3. The van der Waals surface area contributed by atoms with Gasteiger partial charge in [-0.15, -0.1) is 5.10 Å². The Bertz CT molecular complexity index is 1000. The van der Waals surface area contributed by atoms with Gasteiger partial charge < -0.3 is 10.2 Å². The van der Waals surface area contributed by atoms with Crippen molar-refractivity contribution in [3.8, 4) is 5.69 Å². The van der Waals surface area contributed by atoms with Crippen molar-refractivity contribution in [1.82, 2.24) is 19.7 Å². The highest BCUT2D eigenvalue weighted by Crippen LogP contribution is 2.32. The summed E-state index contributed by atoms with van der Waals surface area (Å²) in [5.74, 6) is 0.370. The van der Waals surface area contributed by atoms with E-state index >= 15 is 0 Å². The van der Waals surface area contributed by atoms with Crippen LogP contribution in [0.25, 0.3) is 5.69 Å². The van der Waals surface area contributed by atoms with Gasteiger partial charge in [0, 0.05) is 50.6 Å². The number of para-hydroxylation sites is 1. The summed E-state index contributed by atoms with van der Waals surface area (Å²) in [6, 6.07) is 15.3. The number of nitrogens with zero attached hydrogens (tertiary/aromatic N) is 5. The number of alkyl halides is 2. The van der Waals surface area contributed by atoms with Crippen molar-refractivity contribution in [2.24, 2.45) is 0 Å². The van der Waals surface area contributed by atoms with Crippen LogP contribution in [-0.4, -0.2) is 51.9 Å². The van der Waals surface area contributed by atoms with Gasteiger partial charge in [-0.1, -0.05) is 18.2 Å². The van der Waals surface area contributed by atoms with E-state index in [2.05, 4.69) is 25.2 Å². The van der Waals surface area contributed by atoms with Crippen LogP contribution < -0.4 is 10.2 Å². The first-order chi connectivity index (χ1) is 14.7. The number of halogens is 2. The van der Waals surface area contributed by atoms with Crippen LogP contribution in [0.1, 0.15) is 26.3 Å². The molecule has 1 aliphatic heterocycles. The minimum absolute atomic E-state index is 0. The fourth-order valence-electron chi connectivity index (χ4n) is 3.95. The van der Waals surface area contributed by atoms with E-state index in [-0.39, 0.29) is 6.99 Å². The van der Waals surface area contributed by atoms with Gasteiger partial charge in [-0.05, 0) is 43.2 Å². The molecule has 0 spiro atoms. The highest BCUT2D eigenvalue weighted by Gasteiger charge is 2.31. The topological polar surface area (TPSA) is 49.2 Å². The SMILES string of the molecule is FC(F)c1cc(Nc2ncn(-c3ccccc3)n2)cc(N2CCN(C3CC3)CC2)c1.[HH]. The van der Waals surface area contributed by atoms with Crippen LogP contribution in [0.15, 0.2) is 54.9 Å². The van der Waals surface area contributed by atoms with E-state index in [4.69, 9.17) is 0 Å². The summed E-state index contributed by atoms with van der Waals surface area (Å²) >= 11 is 0. The first-order valence-corrected chi connectivity index (χ1v) is 10.3. The standard InChI is InChI=1S/C22H24F2N6.H2/c23-21(24)16-12-17(26-22-25-15-30(27-22)19-4-2-1-3-5-19)14-20(13-16)29-10-8-28(9-11-29)18-6-7-18;/h1-5,12-15,18,21H,6-11H2,(H,26,27);1H. The van der Waals surface area contributed by atoms with Gasteiger partial charge in [-0.25, -0.2) is 13.5 Å². The van der Waals surface area contributed by atoms with Crippen LogP contribution in [0.4, 0.5) is 26.1 Å². The van der Waals surface area contributed by atoms with Crippen molar-refractivity contribution in [3.05, 3.63) is 60.4 Å². The number of hydrogen-bond acceptors (Lipinski definition) is 5. The average molecular weight is 412 g/mol. The highest BCUT2D eigenvalue weighted by molar-refractivity contribution is 5.64. The summed E-state index contributed by atoms with van der Waals surface area (Å²) in [5, 5.41) is 7.51. The van der Waals surface area contributed by atoms with Crippen molar-refractivity contribution < 1.29 is 10.2 Å². The lowest BCUT2D eigenvalue weighted by Gasteiger charge is -2.36. The number of benzene rings is 2. The van der Waals surface area contributed by atoms with Gasteiger partial charge in [0.2, 0.25) is 5.95 Å². The van der Waals surface area contributed by atoms with Crippen LogP contribution >= 0.6 is 0 Å². The number of rotatable bonds is 6. The summed E-state index contributed by atoms with van der Waals surface area (Å²) in [7, 11) is 0. The molecule has 158 valence electrons. The van der Waals surface area contributed by atoms with E-state index < -0.39 is 6.43 Å². The van der Waals surface area contributed by atoms with Gasteiger partial charge >= 0.3 is 0 Å². The molecular formula is C22H26F2N6. The van der Waals surface area contributed by atoms with Gasteiger partial charge in [0.1, 0.15) is 6.33 Å². The third kappa shape index (κ3) is 4.14. The Kier molecular flexibility index (Phi) is 5.08. The molecule has 1 aliphatic carbocycles. The molecule has 0 bridgehead atoms. The van der Waals surface area contributed by atoms with E-state index in [9.17, 15) is 8.78 Å². The van der Waals surface area contributed by atoms with E-state index in [0.717, 1.165) is 43.6 Å². The fourth-order valence-corrected chi connectivity index (χ4v) is 3.95. The molecule has 5 rings (SSSR count). The molecule has 2 aromatic carbocycles. The first kappa shape index (κ1) is 19.0. The van der Waals surface area contributed by atoms with Crippen molar-refractivity contribution in [2.45, 2.75) is 25.3 Å². The van der Waals surface area contributed by atoms with Crippen molar-refractivity contribution in [3.63, 3.8) is 0 Å². The van der Waals surface area contributed by atoms with Crippen LogP contribution in [0.2, 0.25) is 0 Å². The molecule has 0 atom stereocenters. The number of hydrogen-bond donors (Lipinski definition) is 1. The lowest BCUT2D eigenvalue weighted by atomic mass is 10.1. The zero-order valence-electron chi connectivity index (χ0n) is 16.6. The van der Waals surface area contributed by atoms with Crippen molar-refractivity contribution in [1.29, 1.82) is 0 Å². The second-order valence-electron chi connectivity index (χ2n) is 7.84. The third-order valence-corrected chi connectivity index (χ3v) is 5.70. The minimum Gasteiger partial charge on any atom is -0.369 e. The molecule has 1 saturated carbocycles. The molecule has 6 nitrogen and oxygen atoms in total. The summed E-state index contributed by atoms with van der Waals surface area (Å²) in [6.45, 7) is 3.66. The lowest BCUT2D eigenvalue weighted by Crippen LogP contribution is -2.47. The fraction of sp³-hybridized carbons (Fsp3) is 0.364. The third-order valence-electron chi connectivity index (χ3n) is 5.70. The second kappa shape index (κ2) is 8.02. The molecule has 0 radical (unpaired) electrons. The average Bonchev–Trinajstić information content (AvgIpc) is 3.53. The Balaban J connectivity index is 0.00000231. The zero-order chi connectivity index (χ0) is 20.5. The largest absolute Gasteiger partial charge is 0.369 e. The molecule has 3 aromatic rings. The van der Waals surface area contributed by atoms with Gasteiger partial charge in [-0.3, -0.25) is 4.90 Å². The molecule has 0 amide bonds. The molecule has 1 N–H and O–H groups in total. The Morgan fingerprint density at radius 3 is 2.43 bits per heavy atom. The maximum absolute atomic E-state index is 13.5. The van der Waals surface area contributed by atoms with E-state index in [1.807, 2.05) is 36.4 Å². The van der Waals surface area contributed by atoms with Crippen LogP contribution in [0.5, 0.6) is 0 Å². The number of anilines is 3. The molecule has 2 fully saturated rings. The first-order valence-electron chi connectivity index (χ1n) is 10.3. The smallest absolute Gasteiger partial charge is 0.263 e. The number of piperazine rings is 1. The van der Waals surface area contributed by atoms with E-state index in [0.29, 0.717) is 11.6 Å². The van der Waals surface area contributed by atoms with Crippen LogP contribution in [0, 0.1) is 0 Å². The normalized spacial score (nSPS) is 17.5. The Morgan fingerprint density at radius 2 is 1.73 bits per heavy atom. The summed E-state index contributed by atoms with van der Waals surface area (Å²) < 4.78 is 28.7. The minimum atomic E-state index is -2.53. The molecule has 30 heavy (non-hydrogen) atoms. The molecule has 8 heteroatoms. The molecule has 2 aliphatic rings. The number of nitrogens with one attached hydrogen (secondary N) is 1. The van der Waals surface area contributed by atoms with Gasteiger partial charge in [0.25, 0.3) is 6.43 Å². The maximum Gasteiger partial charge on any atom is 0.263 e. The monoisotopic (exact) mass is 412 g/mol. The molecular weight excluding hydrogens is 386 g/mol. The van der Waals surface area contributed by atoms with Crippen LogP contribution in [0.3, 0.4) is 0 Å². The quantitative estimate of drug-likeness (QED) is 0.647.